The molecule has 0 aliphatic carbocycles. The standard InChI is InChI=1S/C9H12F3N5O2/c1-2-13-7-6(17(18)19)8(16-5-15-7)14-4-3-9(10,11)12/h5H,2-4H2,1H3,(H2,13,14,15,16). The monoisotopic (exact) mass is 279 g/mol. The average Bonchev–Trinajstić information content (AvgIpc) is 2.27. The maximum absolute atomic E-state index is 12.0. The minimum atomic E-state index is -4.33. The van der Waals surface area contributed by atoms with E-state index in [2.05, 4.69) is 20.6 Å². The van der Waals surface area contributed by atoms with Crippen LogP contribution in [0.1, 0.15) is 13.3 Å². The normalized spacial score (nSPS) is 11.2. The molecule has 19 heavy (non-hydrogen) atoms. The van der Waals surface area contributed by atoms with Crippen molar-refractivity contribution in [3.05, 3.63) is 16.4 Å². The Kier molecular flexibility index (Phi) is 4.84. The van der Waals surface area contributed by atoms with Gasteiger partial charge in [-0.1, -0.05) is 0 Å². The number of nitro groups is 1. The zero-order valence-electron chi connectivity index (χ0n) is 9.99. The lowest BCUT2D eigenvalue weighted by Gasteiger charge is -2.10. The minimum Gasteiger partial charge on any atom is -0.364 e. The Bertz CT molecular complexity index is 452. The van der Waals surface area contributed by atoms with Crippen LogP contribution >= 0.6 is 0 Å². The third-order valence-electron chi connectivity index (χ3n) is 2.05. The van der Waals surface area contributed by atoms with Gasteiger partial charge in [-0.2, -0.15) is 13.2 Å². The quantitative estimate of drug-likeness (QED) is 0.612. The van der Waals surface area contributed by atoms with Crippen molar-refractivity contribution < 1.29 is 18.1 Å². The van der Waals surface area contributed by atoms with Crippen LogP contribution in [0, 0.1) is 10.1 Å². The number of rotatable bonds is 6. The molecular formula is C9H12F3N5O2. The molecule has 7 nitrogen and oxygen atoms in total. The summed E-state index contributed by atoms with van der Waals surface area (Å²) < 4.78 is 36.0. The largest absolute Gasteiger partial charge is 0.390 e. The first kappa shape index (κ1) is 14.9. The molecule has 0 spiro atoms. The van der Waals surface area contributed by atoms with Crippen LogP contribution in [-0.4, -0.2) is 34.2 Å². The number of alkyl halides is 3. The fourth-order valence-corrected chi connectivity index (χ4v) is 1.30. The number of aromatic nitrogens is 2. The van der Waals surface area contributed by atoms with Crippen LogP contribution in [0.15, 0.2) is 6.33 Å². The van der Waals surface area contributed by atoms with Crippen molar-refractivity contribution >= 4 is 17.3 Å². The highest BCUT2D eigenvalue weighted by atomic mass is 19.4. The van der Waals surface area contributed by atoms with Gasteiger partial charge < -0.3 is 10.6 Å². The summed E-state index contributed by atoms with van der Waals surface area (Å²) in [6.45, 7) is 1.61. The number of nitrogens with one attached hydrogen (secondary N) is 2. The number of hydrogen-bond acceptors (Lipinski definition) is 6. The lowest BCUT2D eigenvalue weighted by Crippen LogP contribution is -2.16. The summed E-state index contributed by atoms with van der Waals surface area (Å²) in [5.41, 5.74) is -0.466. The molecule has 1 aromatic rings. The number of nitrogens with zero attached hydrogens (tertiary/aromatic N) is 3. The Balaban J connectivity index is 2.87. The Morgan fingerprint density at radius 1 is 1.32 bits per heavy atom. The number of anilines is 2. The zero-order chi connectivity index (χ0) is 14.5. The number of halogens is 3. The van der Waals surface area contributed by atoms with E-state index in [0.29, 0.717) is 6.54 Å². The van der Waals surface area contributed by atoms with Gasteiger partial charge in [-0.15, -0.1) is 0 Å². The van der Waals surface area contributed by atoms with Gasteiger partial charge in [0.25, 0.3) is 0 Å². The summed E-state index contributed by atoms with van der Waals surface area (Å²) in [5, 5.41) is 15.8. The zero-order valence-corrected chi connectivity index (χ0v) is 9.99. The van der Waals surface area contributed by atoms with Crippen LogP contribution in [0.2, 0.25) is 0 Å². The highest BCUT2D eigenvalue weighted by Gasteiger charge is 2.28. The summed E-state index contributed by atoms with van der Waals surface area (Å²) in [4.78, 5) is 17.4. The Labute approximate surface area is 106 Å². The lowest BCUT2D eigenvalue weighted by atomic mass is 10.3. The van der Waals surface area contributed by atoms with E-state index in [1.807, 2.05) is 0 Å². The molecule has 1 heterocycles. The molecule has 0 saturated heterocycles. The van der Waals surface area contributed by atoms with Crippen LogP contribution < -0.4 is 10.6 Å². The van der Waals surface area contributed by atoms with E-state index in [4.69, 9.17) is 0 Å². The van der Waals surface area contributed by atoms with E-state index in [1.54, 1.807) is 6.92 Å². The Morgan fingerprint density at radius 3 is 2.37 bits per heavy atom. The van der Waals surface area contributed by atoms with Gasteiger partial charge in [0.05, 0.1) is 11.3 Å². The predicted molar refractivity (Wildman–Crippen MR) is 62.0 cm³/mol. The van der Waals surface area contributed by atoms with E-state index in [0.717, 1.165) is 6.33 Å². The summed E-state index contributed by atoms with van der Waals surface area (Å²) in [7, 11) is 0. The van der Waals surface area contributed by atoms with Gasteiger partial charge >= 0.3 is 11.9 Å². The van der Waals surface area contributed by atoms with Crippen molar-refractivity contribution in [1.82, 2.24) is 9.97 Å². The summed E-state index contributed by atoms with van der Waals surface area (Å²) in [6, 6.07) is 0. The first-order valence-electron chi connectivity index (χ1n) is 5.39. The maximum Gasteiger partial charge on any atom is 0.390 e. The molecule has 0 saturated carbocycles. The van der Waals surface area contributed by atoms with Crippen LogP contribution in [0.4, 0.5) is 30.5 Å². The molecular weight excluding hydrogens is 267 g/mol. The summed E-state index contributed by atoms with van der Waals surface area (Å²) >= 11 is 0. The van der Waals surface area contributed by atoms with Gasteiger partial charge in [-0.05, 0) is 6.92 Å². The topological polar surface area (TPSA) is 93.0 Å². The van der Waals surface area contributed by atoms with Gasteiger partial charge in [-0.3, -0.25) is 10.1 Å². The van der Waals surface area contributed by atoms with Crippen LogP contribution in [0.3, 0.4) is 0 Å². The molecule has 106 valence electrons. The van der Waals surface area contributed by atoms with Crippen LogP contribution in [-0.2, 0) is 0 Å². The second kappa shape index (κ2) is 6.16. The van der Waals surface area contributed by atoms with Gasteiger partial charge in [-0.25, -0.2) is 9.97 Å². The predicted octanol–water partition coefficient (Wildman–Crippen LogP) is 2.18. The van der Waals surface area contributed by atoms with E-state index in [1.165, 1.54) is 0 Å². The third-order valence-corrected chi connectivity index (χ3v) is 2.05. The molecule has 0 bridgehead atoms. The van der Waals surface area contributed by atoms with Crippen molar-refractivity contribution in [2.24, 2.45) is 0 Å². The molecule has 0 fully saturated rings. The fourth-order valence-electron chi connectivity index (χ4n) is 1.30. The molecule has 1 rings (SSSR count). The minimum absolute atomic E-state index is 0.0305. The van der Waals surface area contributed by atoms with Gasteiger partial charge in [0.15, 0.2) is 0 Å². The second-order valence-electron chi connectivity index (χ2n) is 3.50. The van der Waals surface area contributed by atoms with E-state index < -0.39 is 29.8 Å². The van der Waals surface area contributed by atoms with Gasteiger partial charge in [0, 0.05) is 13.1 Å². The first-order valence-corrected chi connectivity index (χ1v) is 5.39. The molecule has 0 aromatic carbocycles. The lowest BCUT2D eigenvalue weighted by molar-refractivity contribution is -0.383. The van der Waals surface area contributed by atoms with Crippen LogP contribution in [0.5, 0.6) is 0 Å². The highest BCUT2D eigenvalue weighted by Crippen LogP contribution is 2.29. The first-order chi connectivity index (χ1) is 8.85. The van der Waals surface area contributed by atoms with Gasteiger partial charge in [0.2, 0.25) is 11.6 Å². The maximum atomic E-state index is 12.0. The molecule has 0 radical (unpaired) electrons. The van der Waals surface area contributed by atoms with Gasteiger partial charge in [0.1, 0.15) is 6.33 Å². The molecule has 0 aliphatic rings. The summed E-state index contributed by atoms with van der Waals surface area (Å²) in [6.07, 6.45) is -4.40. The van der Waals surface area contributed by atoms with Crippen molar-refractivity contribution in [1.29, 1.82) is 0 Å². The third kappa shape index (κ3) is 4.56. The smallest absolute Gasteiger partial charge is 0.364 e. The second-order valence-corrected chi connectivity index (χ2v) is 3.50. The Morgan fingerprint density at radius 2 is 1.89 bits per heavy atom. The van der Waals surface area contributed by atoms with Crippen molar-refractivity contribution in [3.8, 4) is 0 Å². The Hall–Kier alpha value is -2.13. The SMILES string of the molecule is CCNc1ncnc(NCCC(F)(F)F)c1[N+](=O)[O-]. The molecule has 2 N–H and O–H groups in total. The molecule has 1 aromatic heterocycles. The van der Waals surface area contributed by atoms with Crippen LogP contribution in [0.25, 0.3) is 0 Å². The van der Waals surface area contributed by atoms with E-state index in [9.17, 15) is 23.3 Å². The van der Waals surface area contributed by atoms with E-state index >= 15 is 0 Å². The fraction of sp³-hybridized carbons (Fsp3) is 0.556. The van der Waals surface area contributed by atoms with E-state index in [-0.39, 0.29) is 11.6 Å². The molecule has 0 unspecified atom stereocenters. The average molecular weight is 279 g/mol. The van der Waals surface area contributed by atoms with Crippen molar-refractivity contribution in [3.63, 3.8) is 0 Å². The number of hydrogen-bond donors (Lipinski definition) is 2. The molecule has 0 amide bonds. The molecule has 0 aliphatic heterocycles. The highest BCUT2D eigenvalue weighted by molar-refractivity contribution is 5.69. The van der Waals surface area contributed by atoms with Crippen molar-refractivity contribution in [2.45, 2.75) is 19.5 Å². The molecule has 0 atom stereocenters. The summed E-state index contributed by atoms with van der Waals surface area (Å²) in [5.74, 6) is -0.266. The van der Waals surface area contributed by atoms with Crippen molar-refractivity contribution in [2.75, 3.05) is 23.7 Å². The molecule has 10 heteroatoms.